The molecule has 118 valence electrons. The minimum absolute atomic E-state index is 0.618. The molecule has 0 amide bonds. The van der Waals surface area contributed by atoms with Gasteiger partial charge in [-0.2, -0.15) is 5.10 Å². The van der Waals surface area contributed by atoms with Crippen molar-refractivity contribution in [2.45, 2.75) is 25.4 Å². The second-order valence-electron chi connectivity index (χ2n) is 6.19. The highest BCUT2D eigenvalue weighted by Gasteiger charge is 2.25. The summed E-state index contributed by atoms with van der Waals surface area (Å²) in [4.78, 5) is 9.30. The van der Waals surface area contributed by atoms with Crippen LogP contribution in [0.4, 0.5) is 0 Å². The first-order chi connectivity index (χ1) is 10.7. The van der Waals surface area contributed by atoms with Gasteiger partial charge in [0.05, 0.1) is 6.54 Å². The highest BCUT2D eigenvalue weighted by molar-refractivity contribution is 5.14. The zero-order valence-electron chi connectivity index (χ0n) is 13.5. The molecule has 0 aliphatic carbocycles. The van der Waals surface area contributed by atoms with Crippen molar-refractivity contribution in [2.24, 2.45) is 7.05 Å². The SMILES string of the molecule is CN(Cc1ncnn1C)[C@H]1CCN(CCc2ccccc2)C1. The van der Waals surface area contributed by atoms with Gasteiger partial charge in [-0.15, -0.1) is 0 Å². The number of aromatic nitrogens is 3. The van der Waals surface area contributed by atoms with Crippen molar-refractivity contribution >= 4 is 0 Å². The van der Waals surface area contributed by atoms with Gasteiger partial charge < -0.3 is 4.90 Å². The highest BCUT2D eigenvalue weighted by Crippen LogP contribution is 2.16. The molecule has 1 atom stereocenters. The Hall–Kier alpha value is -1.72. The molecule has 5 heteroatoms. The van der Waals surface area contributed by atoms with Crippen LogP contribution >= 0.6 is 0 Å². The fourth-order valence-electron chi connectivity index (χ4n) is 3.12. The monoisotopic (exact) mass is 299 g/mol. The Kier molecular flexibility index (Phi) is 4.85. The summed E-state index contributed by atoms with van der Waals surface area (Å²) in [5, 5.41) is 4.14. The Balaban J connectivity index is 1.46. The summed E-state index contributed by atoms with van der Waals surface area (Å²) < 4.78 is 1.86. The van der Waals surface area contributed by atoms with E-state index in [1.165, 1.54) is 18.5 Å². The zero-order valence-corrected chi connectivity index (χ0v) is 13.5. The molecule has 0 N–H and O–H groups in total. The molecule has 2 heterocycles. The summed E-state index contributed by atoms with van der Waals surface area (Å²) in [6, 6.07) is 11.4. The lowest BCUT2D eigenvalue weighted by Crippen LogP contribution is -2.35. The second kappa shape index (κ2) is 7.03. The third-order valence-electron chi connectivity index (χ3n) is 4.63. The van der Waals surface area contributed by atoms with Crippen molar-refractivity contribution in [1.29, 1.82) is 0 Å². The van der Waals surface area contributed by atoms with Crippen LogP contribution in [-0.4, -0.2) is 57.3 Å². The molecule has 1 saturated heterocycles. The van der Waals surface area contributed by atoms with E-state index < -0.39 is 0 Å². The molecule has 0 unspecified atom stereocenters. The van der Waals surface area contributed by atoms with Gasteiger partial charge in [-0.1, -0.05) is 30.3 Å². The van der Waals surface area contributed by atoms with E-state index in [-0.39, 0.29) is 0 Å². The number of hydrogen-bond donors (Lipinski definition) is 0. The molecule has 5 nitrogen and oxygen atoms in total. The Morgan fingerprint density at radius 2 is 2.09 bits per heavy atom. The molecule has 22 heavy (non-hydrogen) atoms. The predicted octanol–water partition coefficient (Wildman–Crippen LogP) is 1.56. The topological polar surface area (TPSA) is 37.2 Å². The van der Waals surface area contributed by atoms with E-state index in [2.05, 4.69) is 57.3 Å². The summed E-state index contributed by atoms with van der Waals surface area (Å²) in [6.07, 6.45) is 4.01. The van der Waals surface area contributed by atoms with E-state index in [0.717, 1.165) is 31.9 Å². The van der Waals surface area contributed by atoms with E-state index in [4.69, 9.17) is 0 Å². The molecular formula is C17H25N5. The van der Waals surface area contributed by atoms with Crippen LogP contribution in [0.1, 0.15) is 17.8 Å². The van der Waals surface area contributed by atoms with E-state index in [1.807, 2.05) is 11.7 Å². The fraction of sp³-hybridized carbons (Fsp3) is 0.529. The van der Waals surface area contributed by atoms with E-state index in [1.54, 1.807) is 6.33 Å². The van der Waals surface area contributed by atoms with Crippen molar-refractivity contribution < 1.29 is 0 Å². The number of aryl methyl sites for hydroxylation is 1. The van der Waals surface area contributed by atoms with Crippen LogP contribution in [0, 0.1) is 0 Å². The third kappa shape index (κ3) is 3.72. The average Bonchev–Trinajstić information content (AvgIpc) is 3.16. The van der Waals surface area contributed by atoms with Crippen LogP contribution in [0.3, 0.4) is 0 Å². The fourth-order valence-corrected chi connectivity index (χ4v) is 3.12. The normalized spacial score (nSPS) is 19.1. The van der Waals surface area contributed by atoms with Crippen molar-refractivity contribution in [1.82, 2.24) is 24.6 Å². The van der Waals surface area contributed by atoms with Crippen LogP contribution in [0.2, 0.25) is 0 Å². The molecule has 1 aromatic carbocycles. The van der Waals surface area contributed by atoms with Gasteiger partial charge >= 0.3 is 0 Å². The smallest absolute Gasteiger partial charge is 0.140 e. The largest absolute Gasteiger partial charge is 0.301 e. The van der Waals surface area contributed by atoms with E-state index >= 15 is 0 Å². The van der Waals surface area contributed by atoms with Crippen molar-refractivity contribution in [3.05, 3.63) is 48.0 Å². The van der Waals surface area contributed by atoms with Gasteiger partial charge in [0.2, 0.25) is 0 Å². The first kappa shape index (κ1) is 15.2. The number of rotatable bonds is 6. The number of nitrogens with zero attached hydrogens (tertiary/aromatic N) is 5. The van der Waals surface area contributed by atoms with Crippen molar-refractivity contribution in [3.8, 4) is 0 Å². The zero-order chi connectivity index (χ0) is 15.4. The lowest BCUT2D eigenvalue weighted by Gasteiger charge is -2.24. The minimum Gasteiger partial charge on any atom is -0.301 e. The quantitative estimate of drug-likeness (QED) is 0.811. The summed E-state index contributed by atoms with van der Waals surface area (Å²) in [5.41, 5.74) is 1.43. The van der Waals surface area contributed by atoms with Crippen LogP contribution in [0.15, 0.2) is 36.7 Å². The first-order valence-corrected chi connectivity index (χ1v) is 8.02. The van der Waals surface area contributed by atoms with Gasteiger partial charge in [0.25, 0.3) is 0 Å². The maximum Gasteiger partial charge on any atom is 0.140 e. The van der Waals surface area contributed by atoms with Gasteiger partial charge in [-0.05, 0) is 32.0 Å². The minimum atomic E-state index is 0.618. The molecular weight excluding hydrogens is 274 g/mol. The molecule has 1 aliphatic heterocycles. The standard InChI is InChI=1S/C17H25N5/c1-20(13-17-18-14-19-21(17)2)16-9-11-22(12-16)10-8-15-6-4-3-5-7-15/h3-7,14,16H,8-13H2,1-2H3/t16-/m0/s1. The number of likely N-dealkylation sites (tertiary alicyclic amines) is 1. The molecule has 2 aromatic rings. The Morgan fingerprint density at radius 3 is 2.82 bits per heavy atom. The highest BCUT2D eigenvalue weighted by atomic mass is 15.3. The van der Waals surface area contributed by atoms with Crippen molar-refractivity contribution in [3.63, 3.8) is 0 Å². The Bertz CT molecular complexity index is 580. The third-order valence-corrected chi connectivity index (χ3v) is 4.63. The first-order valence-electron chi connectivity index (χ1n) is 8.02. The summed E-state index contributed by atoms with van der Waals surface area (Å²) >= 11 is 0. The number of likely N-dealkylation sites (N-methyl/N-ethyl adjacent to an activating group) is 1. The van der Waals surface area contributed by atoms with E-state index in [0.29, 0.717) is 6.04 Å². The van der Waals surface area contributed by atoms with Gasteiger partial charge in [-0.3, -0.25) is 9.58 Å². The molecule has 1 fully saturated rings. The lowest BCUT2D eigenvalue weighted by atomic mass is 10.1. The number of benzene rings is 1. The second-order valence-corrected chi connectivity index (χ2v) is 6.19. The Labute approximate surface area is 132 Å². The molecule has 0 bridgehead atoms. The van der Waals surface area contributed by atoms with Crippen molar-refractivity contribution in [2.75, 3.05) is 26.7 Å². The summed E-state index contributed by atoms with van der Waals surface area (Å²) in [7, 11) is 4.15. The maximum absolute atomic E-state index is 4.32. The van der Waals surface area contributed by atoms with E-state index in [9.17, 15) is 0 Å². The summed E-state index contributed by atoms with van der Waals surface area (Å²) in [5.74, 6) is 1.03. The van der Waals surface area contributed by atoms with Gasteiger partial charge in [0.1, 0.15) is 12.2 Å². The molecule has 1 aromatic heterocycles. The van der Waals surface area contributed by atoms with Crippen LogP contribution in [0.25, 0.3) is 0 Å². The lowest BCUT2D eigenvalue weighted by molar-refractivity contribution is 0.218. The summed E-state index contributed by atoms with van der Waals surface area (Å²) in [6.45, 7) is 4.37. The van der Waals surface area contributed by atoms with Gasteiger partial charge in [-0.25, -0.2) is 4.98 Å². The predicted molar refractivity (Wildman–Crippen MR) is 87.5 cm³/mol. The van der Waals surface area contributed by atoms with Crippen LogP contribution in [-0.2, 0) is 20.0 Å². The molecule has 0 saturated carbocycles. The molecule has 1 aliphatic rings. The van der Waals surface area contributed by atoms with Gasteiger partial charge in [0.15, 0.2) is 0 Å². The molecule has 0 spiro atoms. The molecule has 3 rings (SSSR count). The van der Waals surface area contributed by atoms with Crippen LogP contribution < -0.4 is 0 Å². The molecule has 0 radical (unpaired) electrons. The number of hydrogen-bond acceptors (Lipinski definition) is 4. The Morgan fingerprint density at radius 1 is 1.27 bits per heavy atom. The van der Waals surface area contributed by atoms with Crippen LogP contribution in [0.5, 0.6) is 0 Å². The van der Waals surface area contributed by atoms with Gasteiger partial charge in [0, 0.05) is 26.2 Å². The average molecular weight is 299 g/mol. The maximum atomic E-state index is 4.32.